The Balaban J connectivity index is 2.67. The second kappa shape index (κ2) is 5.32. The molecule has 0 fully saturated rings. The van der Waals surface area contributed by atoms with E-state index in [4.69, 9.17) is 11.6 Å². The summed E-state index contributed by atoms with van der Waals surface area (Å²) in [6.45, 7) is 2.98. The number of rotatable bonds is 4. The topological polar surface area (TPSA) is 12.0 Å². The summed E-state index contributed by atoms with van der Waals surface area (Å²) in [4.78, 5) is 0. The maximum Gasteiger partial charge on any atom is 0.127 e. The number of hydrogen-bond acceptors (Lipinski definition) is 1. The molecule has 0 amide bonds. The summed E-state index contributed by atoms with van der Waals surface area (Å²) in [6, 6.07) is 4.85. The summed E-state index contributed by atoms with van der Waals surface area (Å²) in [5.41, 5.74) is 0.733. The molecule has 1 unspecified atom stereocenters. The molecule has 1 aromatic carbocycles. The molecule has 0 saturated heterocycles. The third-order valence-corrected chi connectivity index (χ3v) is 2.37. The van der Waals surface area contributed by atoms with Gasteiger partial charge in [0, 0.05) is 5.02 Å². The Morgan fingerprint density at radius 1 is 1.50 bits per heavy atom. The van der Waals surface area contributed by atoms with Gasteiger partial charge in [-0.1, -0.05) is 24.6 Å². The highest BCUT2D eigenvalue weighted by molar-refractivity contribution is 6.30. The molecular weight excluding hydrogens is 201 g/mol. The molecule has 0 spiro atoms. The van der Waals surface area contributed by atoms with Gasteiger partial charge in [0.1, 0.15) is 5.82 Å². The van der Waals surface area contributed by atoms with Gasteiger partial charge in [-0.2, -0.15) is 0 Å². The highest BCUT2D eigenvalue weighted by Gasteiger charge is 2.07. The van der Waals surface area contributed by atoms with Crippen molar-refractivity contribution in [2.24, 2.45) is 5.92 Å². The Kier molecular flexibility index (Phi) is 4.36. The van der Waals surface area contributed by atoms with E-state index in [9.17, 15) is 4.39 Å². The van der Waals surface area contributed by atoms with Crippen molar-refractivity contribution >= 4 is 11.6 Å². The lowest BCUT2D eigenvalue weighted by Gasteiger charge is -2.11. The maximum absolute atomic E-state index is 13.3. The van der Waals surface area contributed by atoms with Gasteiger partial charge in [0.2, 0.25) is 0 Å². The summed E-state index contributed by atoms with van der Waals surface area (Å²) in [5, 5.41) is 3.52. The first-order valence-corrected chi connectivity index (χ1v) is 5.09. The van der Waals surface area contributed by atoms with Crippen molar-refractivity contribution in [2.45, 2.75) is 13.3 Å². The first-order chi connectivity index (χ1) is 6.63. The van der Waals surface area contributed by atoms with Crippen LogP contribution in [0.25, 0.3) is 0 Å². The van der Waals surface area contributed by atoms with Crippen molar-refractivity contribution in [1.29, 1.82) is 0 Å². The minimum absolute atomic E-state index is 0.208. The first-order valence-electron chi connectivity index (χ1n) is 4.72. The van der Waals surface area contributed by atoms with Crippen molar-refractivity contribution in [3.8, 4) is 0 Å². The molecule has 0 aromatic heterocycles. The Hall–Kier alpha value is -0.600. The summed E-state index contributed by atoms with van der Waals surface area (Å²) in [6.07, 6.45) is 0.740. The smallest absolute Gasteiger partial charge is 0.127 e. The van der Waals surface area contributed by atoms with Crippen LogP contribution in [0.3, 0.4) is 0 Å². The summed E-state index contributed by atoms with van der Waals surface area (Å²) in [7, 11) is 1.90. The lowest BCUT2D eigenvalue weighted by molar-refractivity contribution is 0.520. The van der Waals surface area contributed by atoms with Gasteiger partial charge in [-0.05, 0) is 43.6 Å². The van der Waals surface area contributed by atoms with Crippen LogP contribution < -0.4 is 5.32 Å². The lowest BCUT2D eigenvalue weighted by Crippen LogP contribution is -2.18. The number of halogens is 2. The van der Waals surface area contributed by atoms with Gasteiger partial charge >= 0.3 is 0 Å². The van der Waals surface area contributed by atoms with Crippen LogP contribution in [0.15, 0.2) is 18.2 Å². The lowest BCUT2D eigenvalue weighted by atomic mass is 10.0. The zero-order valence-corrected chi connectivity index (χ0v) is 9.24. The van der Waals surface area contributed by atoms with E-state index in [1.807, 2.05) is 7.05 Å². The van der Waals surface area contributed by atoms with E-state index in [1.54, 1.807) is 12.1 Å². The minimum Gasteiger partial charge on any atom is -0.319 e. The molecule has 0 aliphatic rings. The van der Waals surface area contributed by atoms with Crippen molar-refractivity contribution in [1.82, 2.24) is 5.32 Å². The van der Waals surface area contributed by atoms with Gasteiger partial charge in [0.05, 0.1) is 0 Å². The van der Waals surface area contributed by atoms with Crippen LogP contribution in [0.5, 0.6) is 0 Å². The third kappa shape index (κ3) is 3.28. The van der Waals surface area contributed by atoms with E-state index in [0.717, 1.165) is 18.5 Å². The van der Waals surface area contributed by atoms with Crippen LogP contribution in [0.4, 0.5) is 4.39 Å². The predicted octanol–water partition coefficient (Wildman–Crippen LogP) is 2.88. The van der Waals surface area contributed by atoms with E-state index in [2.05, 4.69) is 12.2 Å². The second-order valence-electron chi connectivity index (χ2n) is 3.60. The van der Waals surface area contributed by atoms with E-state index < -0.39 is 0 Å². The summed E-state index contributed by atoms with van der Waals surface area (Å²) >= 11 is 5.66. The monoisotopic (exact) mass is 215 g/mol. The normalized spacial score (nSPS) is 12.9. The molecule has 1 aromatic rings. The Bertz CT molecular complexity index is 301. The molecular formula is C11H15ClFN. The van der Waals surface area contributed by atoms with Gasteiger partial charge in [-0.25, -0.2) is 4.39 Å². The highest BCUT2D eigenvalue weighted by Crippen LogP contribution is 2.17. The van der Waals surface area contributed by atoms with Crippen molar-refractivity contribution in [3.05, 3.63) is 34.6 Å². The van der Waals surface area contributed by atoms with Crippen LogP contribution in [-0.2, 0) is 6.42 Å². The van der Waals surface area contributed by atoms with Crippen molar-refractivity contribution < 1.29 is 4.39 Å². The molecule has 1 rings (SSSR count). The van der Waals surface area contributed by atoms with E-state index >= 15 is 0 Å². The second-order valence-corrected chi connectivity index (χ2v) is 4.04. The quantitative estimate of drug-likeness (QED) is 0.815. The molecule has 3 heteroatoms. The van der Waals surface area contributed by atoms with Gasteiger partial charge in [-0.15, -0.1) is 0 Å². The van der Waals surface area contributed by atoms with Crippen LogP contribution in [0, 0.1) is 11.7 Å². The zero-order chi connectivity index (χ0) is 10.6. The van der Waals surface area contributed by atoms with Gasteiger partial charge in [0.25, 0.3) is 0 Å². The van der Waals surface area contributed by atoms with Crippen molar-refractivity contribution in [3.63, 3.8) is 0 Å². The van der Waals surface area contributed by atoms with Crippen LogP contribution >= 0.6 is 11.6 Å². The fraction of sp³-hybridized carbons (Fsp3) is 0.455. The third-order valence-electron chi connectivity index (χ3n) is 2.14. The highest BCUT2D eigenvalue weighted by atomic mass is 35.5. The SMILES string of the molecule is CNCC(C)Cc1ccc(Cl)cc1F. The largest absolute Gasteiger partial charge is 0.319 e. The van der Waals surface area contributed by atoms with Crippen LogP contribution in [0.2, 0.25) is 5.02 Å². The standard InChI is InChI=1S/C11H15ClFN/c1-8(7-14-2)5-9-3-4-10(12)6-11(9)13/h3-4,6,8,14H,5,7H2,1-2H3. The Morgan fingerprint density at radius 3 is 2.79 bits per heavy atom. The summed E-state index contributed by atoms with van der Waals surface area (Å²) in [5.74, 6) is 0.219. The minimum atomic E-state index is -0.208. The molecule has 0 aliphatic heterocycles. The molecule has 1 atom stereocenters. The van der Waals surface area contributed by atoms with Gasteiger partial charge < -0.3 is 5.32 Å². The Labute approximate surface area is 89.3 Å². The average molecular weight is 216 g/mol. The fourth-order valence-corrected chi connectivity index (χ4v) is 1.64. The fourth-order valence-electron chi connectivity index (χ4n) is 1.48. The molecule has 0 heterocycles. The molecule has 1 N–H and O–H groups in total. The van der Waals surface area contributed by atoms with Crippen LogP contribution in [-0.4, -0.2) is 13.6 Å². The molecule has 0 bridgehead atoms. The van der Waals surface area contributed by atoms with E-state index in [0.29, 0.717) is 10.9 Å². The predicted molar refractivity (Wildman–Crippen MR) is 58.2 cm³/mol. The molecule has 0 radical (unpaired) electrons. The maximum atomic E-state index is 13.3. The first kappa shape index (κ1) is 11.5. The number of hydrogen-bond donors (Lipinski definition) is 1. The molecule has 0 aliphatic carbocycles. The zero-order valence-electron chi connectivity index (χ0n) is 8.48. The van der Waals surface area contributed by atoms with Crippen molar-refractivity contribution in [2.75, 3.05) is 13.6 Å². The van der Waals surface area contributed by atoms with Crippen LogP contribution in [0.1, 0.15) is 12.5 Å². The molecule has 78 valence electrons. The average Bonchev–Trinajstić information content (AvgIpc) is 2.10. The molecule has 14 heavy (non-hydrogen) atoms. The summed E-state index contributed by atoms with van der Waals surface area (Å²) < 4.78 is 13.3. The number of benzene rings is 1. The van der Waals surface area contributed by atoms with E-state index in [1.165, 1.54) is 6.07 Å². The molecule has 1 nitrogen and oxygen atoms in total. The van der Waals surface area contributed by atoms with Gasteiger partial charge in [-0.3, -0.25) is 0 Å². The number of nitrogens with one attached hydrogen (secondary N) is 1. The molecule has 0 saturated carbocycles. The van der Waals surface area contributed by atoms with E-state index in [-0.39, 0.29) is 5.82 Å². The van der Waals surface area contributed by atoms with Gasteiger partial charge in [0.15, 0.2) is 0 Å². The Morgan fingerprint density at radius 2 is 2.21 bits per heavy atom.